The highest BCUT2D eigenvalue weighted by molar-refractivity contribution is 5.87. The van der Waals surface area contributed by atoms with Crippen LogP contribution in [0.5, 0.6) is 0 Å². The van der Waals surface area contributed by atoms with E-state index >= 15 is 0 Å². The second kappa shape index (κ2) is 13.7. The van der Waals surface area contributed by atoms with Gasteiger partial charge in [-0.1, -0.05) is 43.7 Å². The first-order chi connectivity index (χ1) is 17.7. The monoisotopic (exact) mass is 518 g/mol. The van der Waals surface area contributed by atoms with Crippen LogP contribution >= 0.6 is 0 Å². The van der Waals surface area contributed by atoms with E-state index in [0.29, 0.717) is 32.0 Å². The van der Waals surface area contributed by atoms with Gasteiger partial charge in [-0.3, -0.25) is 9.59 Å². The van der Waals surface area contributed by atoms with E-state index in [1.54, 1.807) is 6.08 Å². The number of nitrogens with one attached hydrogen (secondary N) is 2. The number of amides is 2. The molecule has 0 aliphatic carbocycles. The van der Waals surface area contributed by atoms with Crippen molar-refractivity contribution in [1.82, 2.24) is 10.6 Å². The number of allylic oxidation sites excluding steroid dienone is 3. The summed E-state index contributed by atoms with van der Waals surface area (Å²) >= 11 is 0. The Bertz CT molecular complexity index is 868. The van der Waals surface area contributed by atoms with Crippen molar-refractivity contribution in [1.29, 1.82) is 0 Å². The molecule has 1 radical (unpaired) electrons. The molecule has 0 unspecified atom stereocenters. The summed E-state index contributed by atoms with van der Waals surface area (Å²) in [7, 11) is 0. The van der Waals surface area contributed by atoms with Gasteiger partial charge in [-0.05, 0) is 45.1 Å². The van der Waals surface area contributed by atoms with Crippen molar-refractivity contribution in [3.63, 3.8) is 0 Å². The molecule has 5 N–H and O–H groups in total. The second-order valence-electron chi connectivity index (χ2n) is 10.5. The van der Waals surface area contributed by atoms with Gasteiger partial charge in [-0.25, -0.2) is 0 Å². The molecule has 0 bridgehead atoms. The minimum absolute atomic E-state index is 0.0137. The molecule has 1 spiro atoms. The Morgan fingerprint density at radius 3 is 2.65 bits per heavy atom. The minimum atomic E-state index is -0.757. The molecule has 3 aliphatic heterocycles. The average molecular weight is 519 g/mol. The minimum Gasteiger partial charge on any atom is -0.387 e. The number of aliphatic hydroxyl groups is 1. The number of ether oxygens (including phenoxy) is 3. The van der Waals surface area contributed by atoms with Crippen LogP contribution in [0.3, 0.4) is 0 Å². The van der Waals surface area contributed by atoms with Gasteiger partial charge in [0.1, 0.15) is 17.8 Å². The molecule has 3 aliphatic rings. The second-order valence-corrected chi connectivity index (χ2v) is 10.5. The maximum absolute atomic E-state index is 12.1. The molecular formula is C28H44N3O6. The van der Waals surface area contributed by atoms with E-state index in [9.17, 15) is 14.7 Å². The van der Waals surface area contributed by atoms with Crippen LogP contribution in [0.15, 0.2) is 36.0 Å². The lowest BCUT2D eigenvalue weighted by molar-refractivity contribution is -0.136. The van der Waals surface area contributed by atoms with Crippen LogP contribution in [-0.4, -0.2) is 78.8 Å². The first-order valence-electron chi connectivity index (χ1n) is 13.4. The van der Waals surface area contributed by atoms with Gasteiger partial charge in [-0.2, -0.15) is 0 Å². The Labute approximate surface area is 220 Å². The lowest BCUT2D eigenvalue weighted by Crippen LogP contribution is -2.52. The van der Waals surface area contributed by atoms with Crippen molar-refractivity contribution in [2.24, 2.45) is 11.7 Å². The van der Waals surface area contributed by atoms with Gasteiger partial charge in [0.25, 0.3) is 0 Å². The van der Waals surface area contributed by atoms with Crippen molar-refractivity contribution in [2.75, 3.05) is 19.7 Å². The Balaban J connectivity index is 1.51. The zero-order valence-corrected chi connectivity index (χ0v) is 22.5. The Kier molecular flexibility index (Phi) is 10.9. The lowest BCUT2D eigenvalue weighted by Gasteiger charge is -2.39. The number of aliphatic hydroxyl groups excluding tert-OH is 1. The molecule has 0 aromatic carbocycles. The summed E-state index contributed by atoms with van der Waals surface area (Å²) in [5, 5.41) is 16.7. The molecule has 0 aromatic heterocycles. The first kappa shape index (κ1) is 29.5. The Morgan fingerprint density at radius 1 is 1.22 bits per heavy atom. The van der Waals surface area contributed by atoms with Crippen LogP contribution in [0.1, 0.15) is 53.4 Å². The predicted octanol–water partition coefficient (Wildman–Crippen LogP) is 1.71. The predicted molar refractivity (Wildman–Crippen MR) is 141 cm³/mol. The molecule has 3 rings (SSSR count). The summed E-state index contributed by atoms with van der Waals surface area (Å²) in [6, 6.07) is -0.0137. The molecule has 0 saturated carbocycles. The molecule has 8 atom stereocenters. The summed E-state index contributed by atoms with van der Waals surface area (Å²) in [6.45, 7) is 9.19. The molecule has 207 valence electrons. The van der Waals surface area contributed by atoms with Crippen LogP contribution in [-0.2, 0) is 23.8 Å². The summed E-state index contributed by atoms with van der Waals surface area (Å²) in [5.74, 6) is 0.0839. The molecule has 3 heterocycles. The van der Waals surface area contributed by atoms with Gasteiger partial charge >= 0.3 is 0 Å². The number of epoxide rings is 1. The van der Waals surface area contributed by atoms with Crippen LogP contribution in [0.25, 0.3) is 0 Å². The zero-order chi connectivity index (χ0) is 27.0. The number of rotatable bonds is 11. The molecular weight excluding hydrogens is 474 g/mol. The zero-order valence-electron chi connectivity index (χ0n) is 22.5. The molecule has 2 amide bonds. The van der Waals surface area contributed by atoms with Gasteiger partial charge in [0.05, 0.1) is 31.0 Å². The van der Waals surface area contributed by atoms with Crippen molar-refractivity contribution in [3.8, 4) is 0 Å². The number of carbonyl (C=O) groups is 2. The number of hydrogen-bond donors (Lipinski definition) is 4. The van der Waals surface area contributed by atoms with Gasteiger partial charge in [0, 0.05) is 25.9 Å². The molecule has 3 fully saturated rings. The highest BCUT2D eigenvalue weighted by Gasteiger charge is 2.58. The third-order valence-electron chi connectivity index (χ3n) is 7.39. The highest BCUT2D eigenvalue weighted by Crippen LogP contribution is 2.42. The van der Waals surface area contributed by atoms with E-state index in [1.807, 2.05) is 39.3 Å². The molecule has 9 nitrogen and oxygen atoms in total. The molecule has 9 heteroatoms. The SMILES string of the molecule is C[CH]/C=C\C(=O)N[C@@H]1C[C@H](C)[C@H](C/C=C(C)/C=C/[C@H]2O[C@H](CNC(=O)CCN)C[C@@]3(CO3)[C@@H]2O)O[C@@H]1C. The molecule has 3 saturated heterocycles. The van der Waals surface area contributed by atoms with Crippen LogP contribution in [0.2, 0.25) is 0 Å². The van der Waals surface area contributed by atoms with E-state index in [1.165, 1.54) is 6.08 Å². The van der Waals surface area contributed by atoms with Crippen LogP contribution in [0, 0.1) is 12.3 Å². The maximum Gasteiger partial charge on any atom is 0.243 e. The lowest BCUT2D eigenvalue weighted by atomic mass is 9.87. The number of hydrogen-bond acceptors (Lipinski definition) is 7. The first-order valence-corrected chi connectivity index (χ1v) is 13.4. The Hall–Kier alpha value is -2.04. The van der Waals surface area contributed by atoms with E-state index in [2.05, 4.69) is 23.6 Å². The largest absolute Gasteiger partial charge is 0.387 e. The van der Waals surface area contributed by atoms with Gasteiger partial charge < -0.3 is 35.7 Å². The van der Waals surface area contributed by atoms with Gasteiger partial charge in [0.15, 0.2) is 0 Å². The fourth-order valence-corrected chi connectivity index (χ4v) is 4.99. The third-order valence-corrected chi connectivity index (χ3v) is 7.39. The van der Waals surface area contributed by atoms with Crippen molar-refractivity contribution >= 4 is 11.8 Å². The van der Waals surface area contributed by atoms with E-state index in [4.69, 9.17) is 19.9 Å². The van der Waals surface area contributed by atoms with E-state index in [-0.39, 0.29) is 42.6 Å². The standard InChI is InChI=1S/C28H44N3O6/c1-5-6-7-26(33)31-22-14-19(3)23(36-20(22)4)10-8-18(2)9-11-24-27(34)28(17-35-28)15-21(37-24)16-30-25(32)12-13-29/h5-9,11,19-24,27,34H,10,12-17,29H2,1-4H3,(H,30,32)(H,31,33)/b7-6-,11-9+,18-8+/t19-,20+,21-,22+,23-,24+,27+,28+/m0/s1. The van der Waals surface area contributed by atoms with Gasteiger partial charge in [-0.15, -0.1) is 0 Å². The maximum atomic E-state index is 12.1. The summed E-state index contributed by atoms with van der Waals surface area (Å²) < 4.78 is 18.0. The molecule has 0 aromatic rings. The van der Waals surface area contributed by atoms with Gasteiger partial charge in [0.2, 0.25) is 11.8 Å². The fraction of sp³-hybridized carbons (Fsp3) is 0.679. The smallest absolute Gasteiger partial charge is 0.243 e. The third kappa shape index (κ3) is 8.48. The van der Waals surface area contributed by atoms with Crippen LogP contribution in [0.4, 0.5) is 0 Å². The topological polar surface area (TPSA) is 135 Å². The quantitative estimate of drug-likeness (QED) is 0.186. The summed E-state index contributed by atoms with van der Waals surface area (Å²) in [4.78, 5) is 23.8. The summed E-state index contributed by atoms with van der Waals surface area (Å²) in [5.41, 5.74) is 5.89. The number of carbonyl (C=O) groups excluding carboxylic acids is 2. The number of nitrogens with two attached hydrogens (primary N) is 1. The van der Waals surface area contributed by atoms with Crippen molar-refractivity contribution in [3.05, 3.63) is 42.4 Å². The normalized spacial score (nSPS) is 36.3. The van der Waals surface area contributed by atoms with Crippen LogP contribution < -0.4 is 16.4 Å². The average Bonchev–Trinajstić information content (AvgIpc) is 3.64. The Morgan fingerprint density at radius 2 is 1.97 bits per heavy atom. The highest BCUT2D eigenvalue weighted by atomic mass is 16.6. The fourth-order valence-electron chi connectivity index (χ4n) is 4.99. The van der Waals surface area contributed by atoms with Crippen molar-refractivity contribution < 1.29 is 28.9 Å². The van der Waals surface area contributed by atoms with Crippen molar-refractivity contribution in [2.45, 2.75) is 95.5 Å². The molecule has 37 heavy (non-hydrogen) atoms. The van der Waals surface area contributed by atoms with E-state index in [0.717, 1.165) is 18.4 Å². The summed E-state index contributed by atoms with van der Waals surface area (Å²) in [6.07, 6.45) is 11.9. The van der Waals surface area contributed by atoms with E-state index < -0.39 is 17.8 Å².